The molecule has 10 heteroatoms. The van der Waals surface area contributed by atoms with Crippen LogP contribution in [0.4, 0.5) is 5.13 Å². The van der Waals surface area contributed by atoms with Gasteiger partial charge < -0.3 is 26.1 Å². The Morgan fingerprint density at radius 3 is 3.00 bits per heavy atom. The number of rotatable bonds is 5. The van der Waals surface area contributed by atoms with Gasteiger partial charge in [-0.1, -0.05) is 0 Å². The van der Waals surface area contributed by atoms with Gasteiger partial charge in [-0.15, -0.1) is 16.3 Å². The van der Waals surface area contributed by atoms with E-state index in [0.717, 1.165) is 0 Å². The second kappa shape index (κ2) is 7.98. The number of nitrogens with one attached hydrogen (secondary N) is 1. The number of guanidine groups is 2. The lowest BCUT2D eigenvalue weighted by Gasteiger charge is -2.14. The fourth-order valence-corrected chi connectivity index (χ4v) is 2.49. The van der Waals surface area contributed by atoms with Gasteiger partial charge in [0.1, 0.15) is 11.5 Å². The third-order valence-corrected chi connectivity index (χ3v) is 3.66. The predicted octanol–water partition coefficient (Wildman–Crippen LogP) is 1.19. The summed E-state index contributed by atoms with van der Waals surface area (Å²) >= 11 is 1.37. The lowest BCUT2D eigenvalue weighted by atomic mass is 10.3. The maximum Gasteiger partial charge on any atom is 0.212 e. The molecule has 0 atom stereocenters. The van der Waals surface area contributed by atoms with E-state index in [0.29, 0.717) is 41.4 Å². The second-order valence-electron chi connectivity index (χ2n) is 4.73. The zero-order valence-corrected chi connectivity index (χ0v) is 14.2. The minimum absolute atomic E-state index is 0.125. The van der Waals surface area contributed by atoms with Gasteiger partial charge in [-0.25, -0.2) is 4.98 Å². The normalized spacial score (nSPS) is 12.0. The number of furan rings is 1. The fourth-order valence-electron chi connectivity index (χ4n) is 1.80. The van der Waals surface area contributed by atoms with Crippen molar-refractivity contribution >= 4 is 28.4 Å². The average molecular weight is 346 g/mol. The summed E-state index contributed by atoms with van der Waals surface area (Å²) in [7, 11) is 1.72. The van der Waals surface area contributed by atoms with Crippen LogP contribution in [0.2, 0.25) is 0 Å². The molecule has 0 radical (unpaired) electrons. The van der Waals surface area contributed by atoms with Crippen molar-refractivity contribution in [1.82, 2.24) is 15.2 Å². The molecule has 2 heterocycles. The molecule has 126 valence electrons. The summed E-state index contributed by atoms with van der Waals surface area (Å²) in [6.45, 7) is 3.02. The van der Waals surface area contributed by atoms with Gasteiger partial charge in [0.05, 0.1) is 6.54 Å². The van der Waals surface area contributed by atoms with Crippen molar-refractivity contribution in [3.8, 4) is 17.6 Å². The largest absolute Gasteiger partial charge is 0.458 e. The number of aliphatic imine (C=N–C) groups is 2. The Bertz CT molecular complexity index is 785. The van der Waals surface area contributed by atoms with Crippen molar-refractivity contribution in [3.05, 3.63) is 23.3 Å². The van der Waals surface area contributed by atoms with Crippen LogP contribution >= 0.6 is 11.3 Å². The van der Waals surface area contributed by atoms with Crippen molar-refractivity contribution in [3.63, 3.8) is 0 Å². The molecule has 0 unspecified atom stereocenters. The molecule has 2 aromatic rings. The summed E-state index contributed by atoms with van der Waals surface area (Å²) in [4.78, 5) is 13.6. The van der Waals surface area contributed by atoms with Gasteiger partial charge in [-0.2, -0.15) is 10.3 Å². The summed E-state index contributed by atoms with van der Waals surface area (Å²) in [5.74, 6) is 1.75. The number of hydrogen-bond acceptors (Lipinski definition) is 6. The molecule has 0 aliphatic rings. The summed E-state index contributed by atoms with van der Waals surface area (Å²) in [6.07, 6.45) is 1.65. The number of hydrogen-bond donors (Lipinski definition) is 3. The van der Waals surface area contributed by atoms with E-state index in [9.17, 15) is 0 Å². The minimum atomic E-state index is 0.125. The smallest absolute Gasteiger partial charge is 0.212 e. The van der Waals surface area contributed by atoms with Gasteiger partial charge in [0.15, 0.2) is 11.7 Å². The molecule has 24 heavy (non-hydrogen) atoms. The van der Waals surface area contributed by atoms with Crippen LogP contribution in [0, 0.1) is 11.5 Å². The van der Waals surface area contributed by atoms with E-state index >= 15 is 0 Å². The van der Waals surface area contributed by atoms with Crippen LogP contribution in [0.1, 0.15) is 12.7 Å². The monoisotopic (exact) mass is 346 g/mol. The van der Waals surface area contributed by atoms with Crippen molar-refractivity contribution in [2.45, 2.75) is 13.5 Å². The van der Waals surface area contributed by atoms with Crippen molar-refractivity contribution < 1.29 is 4.42 Å². The molecule has 0 spiro atoms. The zero-order chi connectivity index (χ0) is 17.5. The predicted molar refractivity (Wildman–Crippen MR) is 93.5 cm³/mol. The quantitative estimate of drug-likeness (QED) is 0.419. The SMILES string of the molecule is CCNC(N)=Nc1nc(-c2ccc(CN(C)C(N)=NC#N)o2)cs1. The molecule has 5 N–H and O–H groups in total. The van der Waals surface area contributed by atoms with E-state index in [4.69, 9.17) is 21.1 Å². The van der Waals surface area contributed by atoms with Crippen LogP contribution < -0.4 is 16.8 Å². The highest BCUT2D eigenvalue weighted by atomic mass is 32.1. The molecule has 2 aromatic heterocycles. The Hall–Kier alpha value is -3.06. The first-order valence-electron chi connectivity index (χ1n) is 7.09. The average Bonchev–Trinajstić information content (AvgIpc) is 3.17. The third-order valence-electron chi connectivity index (χ3n) is 2.93. The van der Waals surface area contributed by atoms with E-state index in [2.05, 4.69) is 20.3 Å². The number of nitrogens with two attached hydrogens (primary N) is 2. The molecule has 2 rings (SSSR count). The van der Waals surface area contributed by atoms with Crippen LogP contribution in [-0.4, -0.2) is 35.4 Å². The zero-order valence-electron chi connectivity index (χ0n) is 13.4. The van der Waals surface area contributed by atoms with E-state index in [-0.39, 0.29) is 5.96 Å². The van der Waals surface area contributed by atoms with E-state index < -0.39 is 0 Å². The summed E-state index contributed by atoms with van der Waals surface area (Å²) in [5.41, 5.74) is 12.0. The molecule has 0 aliphatic heterocycles. The minimum Gasteiger partial charge on any atom is -0.458 e. The van der Waals surface area contributed by atoms with Gasteiger partial charge in [0.25, 0.3) is 0 Å². The molecule has 9 nitrogen and oxygen atoms in total. The van der Waals surface area contributed by atoms with Crippen LogP contribution in [0.3, 0.4) is 0 Å². The highest BCUT2D eigenvalue weighted by Gasteiger charge is 2.11. The molecule has 0 aromatic carbocycles. The molecule has 0 aliphatic carbocycles. The van der Waals surface area contributed by atoms with Crippen LogP contribution in [0.15, 0.2) is 31.9 Å². The topological polar surface area (TPSA) is 142 Å². The first-order chi connectivity index (χ1) is 11.5. The van der Waals surface area contributed by atoms with Gasteiger partial charge >= 0.3 is 0 Å². The number of aromatic nitrogens is 1. The first-order valence-corrected chi connectivity index (χ1v) is 7.97. The maximum atomic E-state index is 8.50. The van der Waals surface area contributed by atoms with E-state index in [1.165, 1.54) is 11.3 Å². The van der Waals surface area contributed by atoms with Gasteiger partial charge in [0.2, 0.25) is 17.3 Å². The summed E-state index contributed by atoms with van der Waals surface area (Å²) < 4.78 is 5.75. The molecule has 0 amide bonds. The molecule has 0 fully saturated rings. The molecule has 0 saturated heterocycles. The van der Waals surface area contributed by atoms with Gasteiger partial charge in [-0.05, 0) is 19.1 Å². The highest BCUT2D eigenvalue weighted by molar-refractivity contribution is 7.13. The molecular weight excluding hydrogens is 328 g/mol. The summed E-state index contributed by atoms with van der Waals surface area (Å²) in [6, 6.07) is 3.64. The van der Waals surface area contributed by atoms with E-state index in [1.54, 1.807) is 18.1 Å². The van der Waals surface area contributed by atoms with Gasteiger partial charge in [0, 0.05) is 19.0 Å². The Morgan fingerprint density at radius 2 is 2.29 bits per heavy atom. The Balaban J connectivity index is 2.09. The van der Waals surface area contributed by atoms with Crippen molar-refractivity contribution in [2.24, 2.45) is 21.5 Å². The highest BCUT2D eigenvalue weighted by Crippen LogP contribution is 2.28. The molecular formula is C14H18N8OS. The Kier molecular flexibility index (Phi) is 5.75. The van der Waals surface area contributed by atoms with Crippen LogP contribution in [-0.2, 0) is 6.54 Å². The van der Waals surface area contributed by atoms with Gasteiger partial charge in [-0.3, -0.25) is 0 Å². The number of nitriles is 1. The second-order valence-corrected chi connectivity index (χ2v) is 5.57. The molecule has 0 bridgehead atoms. The third kappa shape index (κ3) is 4.47. The number of thiazole rings is 1. The van der Waals surface area contributed by atoms with E-state index in [1.807, 2.05) is 24.4 Å². The molecule has 0 saturated carbocycles. The lowest BCUT2D eigenvalue weighted by molar-refractivity contribution is 0.412. The first kappa shape index (κ1) is 17.3. The standard InChI is InChI=1S/C14H18N8OS/c1-3-18-12(16)21-14-20-10(7-24-14)11-5-4-9(23-11)6-22(2)13(17)19-8-15/h4-5,7H,3,6H2,1-2H3,(H2,17,19)(H3,16,18,20,21). The lowest BCUT2D eigenvalue weighted by Crippen LogP contribution is -2.33. The van der Waals surface area contributed by atoms with Crippen LogP contribution in [0.5, 0.6) is 0 Å². The Morgan fingerprint density at radius 1 is 1.50 bits per heavy atom. The van der Waals surface area contributed by atoms with Crippen molar-refractivity contribution in [2.75, 3.05) is 13.6 Å². The maximum absolute atomic E-state index is 8.50. The van der Waals surface area contributed by atoms with Crippen LogP contribution in [0.25, 0.3) is 11.5 Å². The summed E-state index contributed by atoms with van der Waals surface area (Å²) in [5, 5.41) is 13.8. The Labute approximate surface area is 143 Å². The van der Waals surface area contributed by atoms with Crippen molar-refractivity contribution in [1.29, 1.82) is 5.26 Å². The fraction of sp³-hybridized carbons (Fsp3) is 0.286. The number of nitrogens with zero attached hydrogens (tertiary/aromatic N) is 5.